The minimum atomic E-state index is -1.03. The lowest BCUT2D eigenvalue weighted by atomic mass is 9.95. The number of Topliss-reactive ketones (excluding diaryl/α,β-unsaturated/α-hetero) is 1. The summed E-state index contributed by atoms with van der Waals surface area (Å²) < 4.78 is 0. The number of rotatable bonds is 10. The van der Waals surface area contributed by atoms with Gasteiger partial charge >= 0.3 is 0 Å². The van der Waals surface area contributed by atoms with Crippen molar-refractivity contribution in [2.24, 2.45) is 0 Å². The number of hydrogen-bond acceptors (Lipinski definition) is 3. The van der Waals surface area contributed by atoms with Gasteiger partial charge in [-0.05, 0) is 66.7 Å². The Morgan fingerprint density at radius 1 is 1.00 bits per heavy atom. The van der Waals surface area contributed by atoms with Crippen LogP contribution in [-0.2, 0) is 4.79 Å². The summed E-state index contributed by atoms with van der Waals surface area (Å²) in [6, 6.07) is 0. The van der Waals surface area contributed by atoms with Crippen molar-refractivity contribution in [3.8, 4) is 0 Å². The largest absolute Gasteiger partial charge is 0.390 e. The summed E-state index contributed by atoms with van der Waals surface area (Å²) in [5, 5.41) is 19.4. The van der Waals surface area contributed by atoms with Gasteiger partial charge in [0.15, 0.2) is 0 Å². The number of aliphatic hydroxyl groups excluding tert-OH is 1. The molecule has 0 aromatic rings. The molecule has 0 saturated carbocycles. The van der Waals surface area contributed by atoms with Crippen molar-refractivity contribution in [2.75, 3.05) is 0 Å². The number of hydrogen-bond donors (Lipinski definition) is 2. The van der Waals surface area contributed by atoms with E-state index < -0.39 is 11.7 Å². The Balaban J connectivity index is 3.99. The third-order valence-corrected chi connectivity index (χ3v) is 3.65. The predicted octanol–water partition coefficient (Wildman–Crippen LogP) is 3.94. The molecule has 1 atom stereocenters. The van der Waals surface area contributed by atoms with Crippen molar-refractivity contribution in [1.29, 1.82) is 0 Å². The standard InChI is InChI=1S/C18H32O3/c1-14(10-7-11-16(3)19)8-6-9-15(2)12-13-17(20)18(4,5)21/h9-10,17,20-21H,6-8,11-13H2,1-5H3/b14-10+,15-9?/t17-/m1/s1. The smallest absolute Gasteiger partial charge is 0.130 e. The maximum atomic E-state index is 10.8. The zero-order valence-corrected chi connectivity index (χ0v) is 14.3. The first kappa shape index (κ1) is 20.1. The number of carbonyl (C=O) groups is 1. The van der Waals surface area contributed by atoms with Crippen LogP contribution in [0, 0.1) is 0 Å². The maximum absolute atomic E-state index is 10.8. The van der Waals surface area contributed by atoms with E-state index in [4.69, 9.17) is 0 Å². The summed E-state index contributed by atoms with van der Waals surface area (Å²) in [4.78, 5) is 10.8. The summed E-state index contributed by atoms with van der Waals surface area (Å²) in [6.45, 7) is 9.04. The van der Waals surface area contributed by atoms with Gasteiger partial charge in [0, 0.05) is 6.42 Å². The molecule has 0 aliphatic heterocycles. The van der Waals surface area contributed by atoms with Crippen LogP contribution in [0.15, 0.2) is 23.3 Å². The molecule has 0 spiro atoms. The van der Waals surface area contributed by atoms with Gasteiger partial charge < -0.3 is 15.0 Å². The molecule has 0 rings (SSSR count). The van der Waals surface area contributed by atoms with Gasteiger partial charge in [0.25, 0.3) is 0 Å². The van der Waals surface area contributed by atoms with E-state index in [1.165, 1.54) is 11.1 Å². The van der Waals surface area contributed by atoms with E-state index in [1.54, 1.807) is 20.8 Å². The highest BCUT2D eigenvalue weighted by molar-refractivity contribution is 5.75. The molecular formula is C18H32O3. The van der Waals surface area contributed by atoms with E-state index in [-0.39, 0.29) is 5.78 Å². The topological polar surface area (TPSA) is 57.5 Å². The average molecular weight is 296 g/mol. The third-order valence-electron chi connectivity index (χ3n) is 3.65. The fraction of sp³-hybridized carbons (Fsp3) is 0.722. The molecule has 0 bridgehead atoms. The Hall–Kier alpha value is -0.930. The first-order chi connectivity index (χ1) is 9.62. The second-order valence-electron chi connectivity index (χ2n) is 6.59. The quantitative estimate of drug-likeness (QED) is 0.600. The van der Waals surface area contributed by atoms with Crippen molar-refractivity contribution >= 4 is 5.78 Å². The van der Waals surface area contributed by atoms with Crippen molar-refractivity contribution in [3.05, 3.63) is 23.3 Å². The van der Waals surface area contributed by atoms with Crippen LogP contribution in [0.25, 0.3) is 0 Å². The predicted molar refractivity (Wildman–Crippen MR) is 88.2 cm³/mol. The minimum Gasteiger partial charge on any atom is -0.390 e. The highest BCUT2D eigenvalue weighted by Gasteiger charge is 2.23. The molecule has 0 saturated heterocycles. The molecule has 0 aliphatic carbocycles. The van der Waals surface area contributed by atoms with Gasteiger partial charge in [0.05, 0.1) is 11.7 Å². The zero-order chi connectivity index (χ0) is 16.5. The molecule has 0 aliphatic rings. The van der Waals surface area contributed by atoms with Crippen LogP contribution in [0.3, 0.4) is 0 Å². The van der Waals surface area contributed by atoms with Crippen LogP contribution in [0.5, 0.6) is 0 Å². The molecular weight excluding hydrogens is 264 g/mol. The van der Waals surface area contributed by atoms with Crippen LogP contribution >= 0.6 is 0 Å². The Morgan fingerprint density at radius 3 is 1.95 bits per heavy atom. The number of carbonyl (C=O) groups excluding carboxylic acids is 1. The van der Waals surface area contributed by atoms with Crippen molar-refractivity contribution in [1.82, 2.24) is 0 Å². The molecule has 3 heteroatoms. The summed E-state index contributed by atoms with van der Waals surface area (Å²) in [6.07, 6.45) is 8.48. The highest BCUT2D eigenvalue weighted by atomic mass is 16.3. The Bertz CT molecular complexity index is 372. The zero-order valence-electron chi connectivity index (χ0n) is 14.3. The Morgan fingerprint density at radius 2 is 1.48 bits per heavy atom. The van der Waals surface area contributed by atoms with Gasteiger partial charge in [-0.1, -0.05) is 23.3 Å². The molecule has 122 valence electrons. The normalized spacial score (nSPS) is 15.2. The van der Waals surface area contributed by atoms with Gasteiger partial charge in [-0.25, -0.2) is 0 Å². The second kappa shape index (κ2) is 9.91. The van der Waals surface area contributed by atoms with Crippen molar-refractivity contribution in [2.45, 2.75) is 84.8 Å². The lowest BCUT2D eigenvalue weighted by molar-refractivity contribution is -0.116. The number of aliphatic hydroxyl groups is 2. The van der Waals surface area contributed by atoms with Crippen LogP contribution < -0.4 is 0 Å². The summed E-state index contributed by atoms with van der Waals surface area (Å²) >= 11 is 0. The lowest BCUT2D eigenvalue weighted by Crippen LogP contribution is -2.35. The molecule has 0 aromatic heterocycles. The van der Waals surface area contributed by atoms with Gasteiger partial charge in [-0.3, -0.25) is 0 Å². The summed E-state index contributed by atoms with van der Waals surface area (Å²) in [7, 11) is 0. The van der Waals surface area contributed by atoms with Gasteiger partial charge in [0.2, 0.25) is 0 Å². The SMILES string of the molecule is CC(=O)CC/C=C(\C)CCC=C(C)CC[C@@H](O)C(C)(C)O. The van der Waals surface area contributed by atoms with E-state index in [9.17, 15) is 15.0 Å². The van der Waals surface area contributed by atoms with Gasteiger partial charge in [-0.2, -0.15) is 0 Å². The highest BCUT2D eigenvalue weighted by Crippen LogP contribution is 2.17. The summed E-state index contributed by atoms with van der Waals surface area (Å²) in [5.74, 6) is 0.236. The summed E-state index contributed by atoms with van der Waals surface area (Å²) in [5.41, 5.74) is 1.53. The first-order valence-corrected chi connectivity index (χ1v) is 7.84. The van der Waals surface area contributed by atoms with Gasteiger partial charge in [-0.15, -0.1) is 0 Å². The molecule has 0 unspecified atom stereocenters. The van der Waals surface area contributed by atoms with Crippen LogP contribution in [0.1, 0.15) is 73.1 Å². The fourth-order valence-corrected chi connectivity index (χ4v) is 1.99. The molecule has 0 aromatic carbocycles. The van der Waals surface area contributed by atoms with E-state index in [1.807, 2.05) is 0 Å². The van der Waals surface area contributed by atoms with Crippen LogP contribution in [-0.4, -0.2) is 27.7 Å². The monoisotopic (exact) mass is 296 g/mol. The maximum Gasteiger partial charge on any atom is 0.130 e. The van der Waals surface area contributed by atoms with Crippen LogP contribution in [0.4, 0.5) is 0 Å². The Kier molecular flexibility index (Phi) is 9.47. The van der Waals surface area contributed by atoms with E-state index >= 15 is 0 Å². The molecule has 3 nitrogen and oxygen atoms in total. The molecule has 0 fully saturated rings. The molecule has 2 N–H and O–H groups in total. The molecule has 0 heterocycles. The number of ketones is 1. The van der Waals surface area contributed by atoms with E-state index in [2.05, 4.69) is 26.0 Å². The lowest BCUT2D eigenvalue weighted by Gasteiger charge is -2.24. The Labute approximate surface area is 129 Å². The van der Waals surface area contributed by atoms with Crippen LogP contribution in [0.2, 0.25) is 0 Å². The first-order valence-electron chi connectivity index (χ1n) is 7.84. The average Bonchev–Trinajstić information content (AvgIpc) is 2.34. The molecule has 21 heavy (non-hydrogen) atoms. The van der Waals surface area contributed by atoms with Crippen molar-refractivity contribution < 1.29 is 15.0 Å². The van der Waals surface area contributed by atoms with Crippen molar-refractivity contribution in [3.63, 3.8) is 0 Å². The minimum absolute atomic E-state index is 0.236. The van der Waals surface area contributed by atoms with Gasteiger partial charge in [0.1, 0.15) is 5.78 Å². The molecule has 0 radical (unpaired) electrons. The number of allylic oxidation sites excluding steroid dienone is 4. The van der Waals surface area contributed by atoms with E-state index in [0.717, 1.165) is 25.7 Å². The fourth-order valence-electron chi connectivity index (χ4n) is 1.99. The second-order valence-corrected chi connectivity index (χ2v) is 6.59. The third kappa shape index (κ3) is 11.4. The molecule has 0 amide bonds. The van der Waals surface area contributed by atoms with E-state index in [0.29, 0.717) is 12.8 Å².